The highest BCUT2D eigenvalue weighted by Crippen LogP contribution is 2.47. The van der Waals surface area contributed by atoms with Crippen LogP contribution < -0.4 is 0 Å². The number of hydrogen-bond donors (Lipinski definition) is 0. The lowest BCUT2D eigenvalue weighted by Gasteiger charge is -2.29. The Morgan fingerprint density at radius 3 is 2.79 bits per heavy atom. The van der Waals surface area contributed by atoms with E-state index in [-0.39, 0.29) is 23.2 Å². The van der Waals surface area contributed by atoms with Crippen molar-refractivity contribution in [2.45, 2.75) is 44.5 Å². The third kappa shape index (κ3) is 2.95. The molecule has 0 aromatic heterocycles. The third-order valence-electron chi connectivity index (χ3n) is 4.89. The van der Waals surface area contributed by atoms with Gasteiger partial charge in [-0.3, -0.25) is 9.59 Å². The molecule has 2 aliphatic rings. The number of amides is 1. The number of aryl methyl sites for hydroxylation is 2. The first-order valence-corrected chi connectivity index (χ1v) is 9.03. The molecule has 2 saturated heterocycles. The molecular formula is C18H21NO4S. The summed E-state index contributed by atoms with van der Waals surface area (Å²) in [4.78, 5) is 37.9. The van der Waals surface area contributed by atoms with E-state index in [2.05, 4.69) is 0 Å². The number of carbonyl (C=O) groups excluding carboxylic acids is 3. The Balaban J connectivity index is 1.62. The Bertz CT molecular complexity index is 717. The quantitative estimate of drug-likeness (QED) is 0.618. The standard InChI is InChI=1S/C18H21NO4S/c1-11-4-5-13(8-12(11)2)15(20)9-23-17(22)14-10-24-18(3)7-6-16(21)19(14)18/h4-5,8,14H,6-7,9-10H2,1-3H3/t14-,18-/m1/s1. The number of rotatable bonds is 4. The number of carbonyl (C=O) groups is 3. The molecule has 2 aliphatic heterocycles. The zero-order valence-corrected chi connectivity index (χ0v) is 14.9. The second kappa shape index (κ2) is 6.24. The minimum absolute atomic E-state index is 0.00932. The van der Waals surface area contributed by atoms with Gasteiger partial charge in [0, 0.05) is 17.7 Å². The van der Waals surface area contributed by atoms with Gasteiger partial charge in [0.05, 0.1) is 4.87 Å². The summed E-state index contributed by atoms with van der Waals surface area (Å²) >= 11 is 1.61. The SMILES string of the molecule is Cc1ccc(C(=O)COC(=O)[C@H]2CS[C@]3(C)CCC(=O)N23)cc1C. The summed E-state index contributed by atoms with van der Waals surface area (Å²) in [6.45, 7) is 5.61. The number of ether oxygens (including phenoxy) is 1. The van der Waals surface area contributed by atoms with Gasteiger partial charge >= 0.3 is 5.97 Å². The molecule has 0 bridgehead atoms. The van der Waals surface area contributed by atoms with E-state index >= 15 is 0 Å². The van der Waals surface area contributed by atoms with Crippen LogP contribution in [0.3, 0.4) is 0 Å². The number of Topliss-reactive ketones (excluding diaryl/α,β-unsaturated/α-hetero) is 1. The zero-order chi connectivity index (χ0) is 17.5. The van der Waals surface area contributed by atoms with Crippen molar-refractivity contribution < 1.29 is 19.1 Å². The molecule has 2 fully saturated rings. The van der Waals surface area contributed by atoms with E-state index in [4.69, 9.17) is 4.74 Å². The maximum atomic E-state index is 12.4. The van der Waals surface area contributed by atoms with Crippen molar-refractivity contribution in [1.82, 2.24) is 4.90 Å². The molecule has 1 aromatic carbocycles. The monoisotopic (exact) mass is 347 g/mol. The Hall–Kier alpha value is -1.82. The van der Waals surface area contributed by atoms with Crippen molar-refractivity contribution >= 4 is 29.4 Å². The smallest absolute Gasteiger partial charge is 0.330 e. The summed E-state index contributed by atoms with van der Waals surface area (Å²) in [5.74, 6) is -0.199. The molecule has 5 nitrogen and oxygen atoms in total. The summed E-state index contributed by atoms with van der Waals surface area (Å²) in [6, 6.07) is 4.84. The molecule has 2 heterocycles. The van der Waals surface area contributed by atoms with E-state index in [9.17, 15) is 14.4 Å². The molecule has 128 valence electrons. The molecule has 0 aliphatic carbocycles. The van der Waals surface area contributed by atoms with E-state index in [0.717, 1.165) is 17.5 Å². The fourth-order valence-electron chi connectivity index (χ4n) is 3.23. The molecule has 1 amide bonds. The first kappa shape index (κ1) is 17.0. The summed E-state index contributed by atoms with van der Waals surface area (Å²) in [5, 5.41) is 0. The molecule has 0 unspecified atom stereocenters. The maximum Gasteiger partial charge on any atom is 0.330 e. The fraction of sp³-hybridized carbons (Fsp3) is 0.500. The van der Waals surface area contributed by atoms with Gasteiger partial charge in [0.1, 0.15) is 6.04 Å². The van der Waals surface area contributed by atoms with Crippen LogP contribution in [0.25, 0.3) is 0 Å². The van der Waals surface area contributed by atoms with Gasteiger partial charge in [0.15, 0.2) is 12.4 Å². The minimum atomic E-state index is -0.581. The lowest BCUT2D eigenvalue weighted by Crippen LogP contribution is -2.46. The lowest BCUT2D eigenvalue weighted by atomic mass is 10.0. The van der Waals surface area contributed by atoms with Crippen LogP contribution in [-0.4, -0.2) is 45.8 Å². The number of hydrogen-bond acceptors (Lipinski definition) is 5. The van der Waals surface area contributed by atoms with Crippen molar-refractivity contribution in [3.8, 4) is 0 Å². The van der Waals surface area contributed by atoms with Gasteiger partial charge in [0.2, 0.25) is 5.91 Å². The highest BCUT2D eigenvalue weighted by atomic mass is 32.2. The second-order valence-electron chi connectivity index (χ2n) is 6.60. The summed E-state index contributed by atoms with van der Waals surface area (Å²) in [7, 11) is 0. The summed E-state index contributed by atoms with van der Waals surface area (Å²) in [6.07, 6.45) is 1.22. The highest BCUT2D eigenvalue weighted by molar-refractivity contribution is 8.01. The van der Waals surface area contributed by atoms with E-state index < -0.39 is 12.0 Å². The zero-order valence-electron chi connectivity index (χ0n) is 14.1. The number of thioether (sulfide) groups is 1. The molecular weight excluding hydrogens is 326 g/mol. The van der Waals surface area contributed by atoms with Gasteiger partial charge in [-0.25, -0.2) is 4.79 Å². The van der Waals surface area contributed by atoms with Crippen LogP contribution in [0.4, 0.5) is 0 Å². The summed E-state index contributed by atoms with van der Waals surface area (Å²) < 4.78 is 5.22. The van der Waals surface area contributed by atoms with E-state index in [1.165, 1.54) is 0 Å². The molecule has 0 radical (unpaired) electrons. The van der Waals surface area contributed by atoms with Crippen molar-refractivity contribution in [2.24, 2.45) is 0 Å². The van der Waals surface area contributed by atoms with Crippen molar-refractivity contribution in [2.75, 3.05) is 12.4 Å². The molecule has 0 spiro atoms. The van der Waals surface area contributed by atoms with Gasteiger partial charge in [-0.15, -0.1) is 11.8 Å². The fourth-order valence-corrected chi connectivity index (χ4v) is 4.64. The highest BCUT2D eigenvalue weighted by Gasteiger charge is 2.53. The minimum Gasteiger partial charge on any atom is -0.456 e. The lowest BCUT2D eigenvalue weighted by molar-refractivity contribution is -0.152. The van der Waals surface area contributed by atoms with Crippen LogP contribution in [0, 0.1) is 13.8 Å². The van der Waals surface area contributed by atoms with Gasteiger partial charge in [-0.2, -0.15) is 0 Å². The maximum absolute atomic E-state index is 12.4. The normalized spacial score (nSPS) is 25.7. The Morgan fingerprint density at radius 1 is 1.33 bits per heavy atom. The molecule has 3 rings (SSSR count). The average molecular weight is 347 g/mol. The van der Waals surface area contributed by atoms with Crippen molar-refractivity contribution in [3.63, 3.8) is 0 Å². The van der Waals surface area contributed by atoms with E-state index in [1.807, 2.05) is 26.8 Å². The van der Waals surface area contributed by atoms with Crippen LogP contribution >= 0.6 is 11.8 Å². The topological polar surface area (TPSA) is 63.7 Å². The number of fused-ring (bicyclic) bond motifs is 1. The Morgan fingerprint density at radius 2 is 2.08 bits per heavy atom. The Kier molecular flexibility index (Phi) is 4.42. The average Bonchev–Trinajstić information content (AvgIpc) is 3.04. The van der Waals surface area contributed by atoms with Gasteiger partial charge < -0.3 is 9.64 Å². The molecule has 0 saturated carbocycles. The van der Waals surface area contributed by atoms with Crippen LogP contribution in [0.15, 0.2) is 18.2 Å². The van der Waals surface area contributed by atoms with Crippen molar-refractivity contribution in [3.05, 3.63) is 34.9 Å². The van der Waals surface area contributed by atoms with E-state index in [0.29, 0.717) is 17.7 Å². The van der Waals surface area contributed by atoms with Crippen molar-refractivity contribution in [1.29, 1.82) is 0 Å². The molecule has 1 aromatic rings. The Labute approximate surface area is 145 Å². The number of nitrogens with zero attached hydrogens (tertiary/aromatic N) is 1. The molecule has 0 N–H and O–H groups in total. The van der Waals surface area contributed by atoms with Gasteiger partial charge in [-0.05, 0) is 44.4 Å². The first-order valence-electron chi connectivity index (χ1n) is 8.05. The van der Waals surface area contributed by atoms with E-state index in [1.54, 1.807) is 28.8 Å². The van der Waals surface area contributed by atoms with Crippen LogP contribution in [0.1, 0.15) is 41.3 Å². The van der Waals surface area contributed by atoms with Crippen LogP contribution in [-0.2, 0) is 14.3 Å². The van der Waals surface area contributed by atoms with Crippen LogP contribution in [0.5, 0.6) is 0 Å². The van der Waals surface area contributed by atoms with Crippen LogP contribution in [0.2, 0.25) is 0 Å². The molecule has 2 atom stereocenters. The number of ketones is 1. The largest absolute Gasteiger partial charge is 0.456 e. The third-order valence-corrected chi connectivity index (χ3v) is 6.40. The molecule has 24 heavy (non-hydrogen) atoms. The second-order valence-corrected chi connectivity index (χ2v) is 8.10. The molecule has 6 heteroatoms. The van der Waals surface area contributed by atoms with Gasteiger partial charge in [0.25, 0.3) is 0 Å². The number of benzene rings is 1. The summed E-state index contributed by atoms with van der Waals surface area (Å²) in [5.41, 5.74) is 2.67. The van der Waals surface area contributed by atoms with Gasteiger partial charge in [-0.1, -0.05) is 12.1 Å². The number of esters is 1. The first-order chi connectivity index (χ1) is 11.3. The predicted octanol–water partition coefficient (Wildman–Crippen LogP) is 2.48. The predicted molar refractivity (Wildman–Crippen MR) is 91.9 cm³/mol.